The summed E-state index contributed by atoms with van der Waals surface area (Å²) in [5.41, 5.74) is 0. The van der Waals surface area contributed by atoms with Crippen LogP contribution in [0.3, 0.4) is 0 Å². The maximum atomic E-state index is 12.7. The van der Waals surface area contributed by atoms with Crippen LogP contribution in [0.15, 0.2) is 0 Å². The lowest BCUT2D eigenvalue weighted by molar-refractivity contribution is -0.153. The van der Waals surface area contributed by atoms with Crippen molar-refractivity contribution in [3.8, 4) is 0 Å². The SMILES string of the molecule is CCCN1C[C@H](C)C[C@@H](C)C[C@@H](C)C(=O)[C@@H](C)C(=O)OC[C@H]1CCC(=O)N1CCCC1. The molecule has 2 aliphatic heterocycles. The standard InChI is InChI=1S/C25H44N2O4/c1-6-11-27-16-19(3)14-18(2)15-20(4)24(29)21(5)25(30)31-17-22(27)9-10-23(28)26-12-7-8-13-26/h18-22H,6-17H2,1-5H3/t18-,19-,20-,21-,22-/m1/s1. The molecule has 0 saturated carbocycles. The van der Waals surface area contributed by atoms with Gasteiger partial charge in [-0.05, 0) is 63.8 Å². The molecule has 2 aliphatic rings. The highest BCUT2D eigenvalue weighted by Crippen LogP contribution is 2.25. The van der Waals surface area contributed by atoms with Crippen LogP contribution in [0, 0.1) is 23.7 Å². The van der Waals surface area contributed by atoms with Gasteiger partial charge in [0.05, 0.1) is 0 Å². The second-order valence-electron chi connectivity index (χ2n) is 10.1. The molecule has 0 aromatic rings. The van der Waals surface area contributed by atoms with E-state index in [0.717, 1.165) is 58.3 Å². The average Bonchev–Trinajstić information content (AvgIpc) is 3.26. The minimum Gasteiger partial charge on any atom is -0.463 e. The highest BCUT2D eigenvalue weighted by molar-refractivity contribution is 5.99. The lowest BCUT2D eigenvalue weighted by Gasteiger charge is -2.34. The van der Waals surface area contributed by atoms with E-state index in [9.17, 15) is 14.4 Å². The average molecular weight is 437 g/mol. The molecule has 178 valence electrons. The molecule has 2 fully saturated rings. The summed E-state index contributed by atoms with van der Waals surface area (Å²) in [4.78, 5) is 42.4. The van der Waals surface area contributed by atoms with Crippen LogP contribution in [-0.2, 0) is 19.1 Å². The number of nitrogens with zero attached hydrogens (tertiary/aromatic N) is 2. The summed E-state index contributed by atoms with van der Waals surface area (Å²) in [6.07, 6.45) is 6.23. The number of esters is 1. The number of hydrogen-bond donors (Lipinski definition) is 0. The number of carbonyl (C=O) groups excluding carboxylic acids is 3. The molecule has 6 heteroatoms. The third-order valence-electron chi connectivity index (χ3n) is 6.97. The quantitative estimate of drug-likeness (QED) is 0.483. The van der Waals surface area contributed by atoms with Gasteiger partial charge in [0.15, 0.2) is 0 Å². The number of likely N-dealkylation sites (tertiary alicyclic amines) is 1. The van der Waals surface area contributed by atoms with E-state index in [-0.39, 0.29) is 30.3 Å². The van der Waals surface area contributed by atoms with Gasteiger partial charge in [-0.25, -0.2) is 0 Å². The molecule has 2 rings (SSSR count). The number of Topliss-reactive ketones (excluding diaryl/α,β-unsaturated/α-hetero) is 1. The summed E-state index contributed by atoms with van der Waals surface area (Å²) < 4.78 is 5.67. The Hall–Kier alpha value is -1.43. The molecule has 6 nitrogen and oxygen atoms in total. The molecule has 0 aliphatic carbocycles. The fourth-order valence-corrected chi connectivity index (χ4v) is 5.32. The van der Waals surface area contributed by atoms with Crippen LogP contribution < -0.4 is 0 Å². The van der Waals surface area contributed by atoms with Crippen LogP contribution in [0.4, 0.5) is 0 Å². The van der Waals surface area contributed by atoms with Gasteiger partial charge in [-0.2, -0.15) is 0 Å². The third-order valence-corrected chi connectivity index (χ3v) is 6.97. The van der Waals surface area contributed by atoms with E-state index < -0.39 is 11.9 Å². The van der Waals surface area contributed by atoms with Crippen LogP contribution in [-0.4, -0.2) is 66.3 Å². The van der Waals surface area contributed by atoms with Gasteiger partial charge in [0.1, 0.15) is 18.3 Å². The van der Waals surface area contributed by atoms with E-state index in [1.807, 2.05) is 11.8 Å². The predicted octanol–water partition coefficient (Wildman–Crippen LogP) is 3.92. The van der Waals surface area contributed by atoms with Gasteiger partial charge < -0.3 is 9.64 Å². The lowest BCUT2D eigenvalue weighted by Crippen LogP contribution is -2.43. The number of ketones is 1. The minimum absolute atomic E-state index is 0.00804. The zero-order valence-corrected chi connectivity index (χ0v) is 20.4. The first-order chi connectivity index (χ1) is 14.7. The Morgan fingerprint density at radius 2 is 1.71 bits per heavy atom. The summed E-state index contributed by atoms with van der Waals surface area (Å²) in [6, 6.07) is 0.00804. The first kappa shape index (κ1) is 25.8. The fourth-order valence-electron chi connectivity index (χ4n) is 5.32. The first-order valence-corrected chi connectivity index (χ1v) is 12.4. The molecule has 1 amide bonds. The van der Waals surface area contributed by atoms with Crippen molar-refractivity contribution in [2.24, 2.45) is 23.7 Å². The smallest absolute Gasteiger partial charge is 0.316 e. The van der Waals surface area contributed by atoms with Crippen LogP contribution in [0.1, 0.15) is 79.6 Å². The fraction of sp³-hybridized carbons (Fsp3) is 0.880. The molecule has 0 bridgehead atoms. The van der Waals surface area contributed by atoms with Crippen LogP contribution >= 0.6 is 0 Å². The molecule has 2 saturated heterocycles. The zero-order valence-electron chi connectivity index (χ0n) is 20.4. The largest absolute Gasteiger partial charge is 0.463 e. The first-order valence-electron chi connectivity index (χ1n) is 12.4. The van der Waals surface area contributed by atoms with Gasteiger partial charge in [-0.15, -0.1) is 0 Å². The monoisotopic (exact) mass is 436 g/mol. The van der Waals surface area contributed by atoms with Gasteiger partial charge in [0.25, 0.3) is 0 Å². The molecule has 2 heterocycles. The number of hydrogen-bond acceptors (Lipinski definition) is 5. The Morgan fingerprint density at radius 1 is 1.03 bits per heavy atom. The molecule has 0 aromatic carbocycles. The minimum atomic E-state index is -0.730. The predicted molar refractivity (Wildman–Crippen MR) is 123 cm³/mol. The molecular weight excluding hydrogens is 392 g/mol. The van der Waals surface area contributed by atoms with Gasteiger partial charge in [-0.3, -0.25) is 19.3 Å². The van der Waals surface area contributed by atoms with Crippen molar-refractivity contribution in [3.05, 3.63) is 0 Å². The van der Waals surface area contributed by atoms with E-state index in [1.54, 1.807) is 6.92 Å². The normalized spacial score (nSPS) is 32.2. The van der Waals surface area contributed by atoms with Crippen LogP contribution in [0.2, 0.25) is 0 Å². The summed E-state index contributed by atoms with van der Waals surface area (Å²) >= 11 is 0. The van der Waals surface area contributed by atoms with Crippen molar-refractivity contribution >= 4 is 17.7 Å². The van der Waals surface area contributed by atoms with E-state index >= 15 is 0 Å². The van der Waals surface area contributed by atoms with Crippen molar-refractivity contribution in [2.45, 2.75) is 85.6 Å². The van der Waals surface area contributed by atoms with Gasteiger partial charge >= 0.3 is 5.97 Å². The van der Waals surface area contributed by atoms with Crippen LogP contribution in [0.5, 0.6) is 0 Å². The molecule has 0 N–H and O–H groups in total. The summed E-state index contributed by atoms with van der Waals surface area (Å²) in [5.74, 6) is -0.189. The van der Waals surface area contributed by atoms with Crippen LogP contribution in [0.25, 0.3) is 0 Å². The van der Waals surface area contributed by atoms with E-state index in [1.165, 1.54) is 0 Å². The summed E-state index contributed by atoms with van der Waals surface area (Å²) in [7, 11) is 0. The summed E-state index contributed by atoms with van der Waals surface area (Å²) in [5, 5.41) is 0. The lowest BCUT2D eigenvalue weighted by atomic mass is 9.84. The maximum absolute atomic E-state index is 12.7. The Balaban J connectivity index is 2.15. The molecule has 0 unspecified atom stereocenters. The zero-order chi connectivity index (χ0) is 23.0. The number of amides is 1. The Kier molecular flexibility index (Phi) is 10.5. The Labute approximate surface area is 189 Å². The van der Waals surface area contributed by atoms with Gasteiger partial charge in [0, 0.05) is 38.0 Å². The van der Waals surface area contributed by atoms with Gasteiger partial charge in [-0.1, -0.05) is 27.7 Å². The van der Waals surface area contributed by atoms with E-state index in [4.69, 9.17) is 4.74 Å². The van der Waals surface area contributed by atoms with E-state index in [0.29, 0.717) is 24.7 Å². The Bertz CT molecular complexity index is 602. The number of rotatable bonds is 5. The van der Waals surface area contributed by atoms with Crippen molar-refractivity contribution in [1.29, 1.82) is 0 Å². The Morgan fingerprint density at radius 3 is 2.35 bits per heavy atom. The second-order valence-corrected chi connectivity index (χ2v) is 10.1. The third kappa shape index (κ3) is 7.89. The van der Waals surface area contributed by atoms with Gasteiger partial charge in [0.2, 0.25) is 5.91 Å². The molecule has 0 aromatic heterocycles. The van der Waals surface area contributed by atoms with E-state index in [2.05, 4.69) is 25.7 Å². The molecule has 31 heavy (non-hydrogen) atoms. The molecule has 0 spiro atoms. The van der Waals surface area contributed by atoms with Crippen molar-refractivity contribution < 1.29 is 19.1 Å². The summed E-state index contributed by atoms with van der Waals surface area (Å²) in [6.45, 7) is 14.1. The highest BCUT2D eigenvalue weighted by Gasteiger charge is 2.31. The number of cyclic esters (lactones) is 1. The molecule has 0 radical (unpaired) electrons. The van der Waals surface area contributed by atoms with Crippen molar-refractivity contribution in [2.75, 3.05) is 32.8 Å². The maximum Gasteiger partial charge on any atom is 0.316 e. The molecule has 5 atom stereocenters. The highest BCUT2D eigenvalue weighted by atomic mass is 16.5. The number of carbonyl (C=O) groups is 3. The number of ether oxygens (including phenoxy) is 1. The second kappa shape index (κ2) is 12.6. The van der Waals surface area contributed by atoms with Crippen molar-refractivity contribution in [3.63, 3.8) is 0 Å². The molecular formula is C25H44N2O4. The topological polar surface area (TPSA) is 66.9 Å². The van der Waals surface area contributed by atoms with Crippen molar-refractivity contribution in [1.82, 2.24) is 9.80 Å².